The third-order valence-corrected chi connectivity index (χ3v) is 4.25. The van der Waals surface area contributed by atoms with E-state index in [4.69, 9.17) is 4.74 Å². The number of carbonyl (C=O) groups excluding carboxylic acids is 2. The molecule has 0 saturated heterocycles. The molecule has 0 bridgehead atoms. The van der Waals surface area contributed by atoms with Crippen LogP contribution < -0.4 is 5.32 Å². The Hall–Kier alpha value is -2.80. The van der Waals surface area contributed by atoms with Gasteiger partial charge in [0.05, 0.1) is 6.20 Å². The van der Waals surface area contributed by atoms with E-state index in [2.05, 4.69) is 15.3 Å². The van der Waals surface area contributed by atoms with E-state index in [9.17, 15) is 9.59 Å². The molecular weight excluding hydrogens is 344 g/mol. The third-order valence-electron chi connectivity index (χ3n) is 4.25. The monoisotopic (exact) mass is 370 g/mol. The largest absolute Gasteiger partial charge is 0.385 e. The van der Waals surface area contributed by atoms with E-state index in [0.717, 1.165) is 11.3 Å². The molecule has 7 nitrogen and oxygen atoms in total. The Morgan fingerprint density at radius 3 is 2.63 bits per heavy atom. The Labute approximate surface area is 159 Å². The highest BCUT2D eigenvalue weighted by atomic mass is 16.5. The Kier molecular flexibility index (Phi) is 7.88. The fourth-order valence-electron chi connectivity index (χ4n) is 2.57. The third kappa shape index (κ3) is 6.45. The SMILES string of the molecule is COCCCN(CCC(=O)Nc1ccc(C)c(C)c1)C(=O)c1cnccn1. The maximum atomic E-state index is 12.6. The maximum absolute atomic E-state index is 12.6. The summed E-state index contributed by atoms with van der Waals surface area (Å²) in [6.45, 7) is 5.36. The van der Waals surface area contributed by atoms with E-state index in [1.165, 1.54) is 24.2 Å². The van der Waals surface area contributed by atoms with E-state index in [1.807, 2.05) is 32.0 Å². The van der Waals surface area contributed by atoms with Crippen molar-refractivity contribution < 1.29 is 14.3 Å². The van der Waals surface area contributed by atoms with E-state index < -0.39 is 0 Å². The first-order valence-electron chi connectivity index (χ1n) is 8.92. The van der Waals surface area contributed by atoms with E-state index in [0.29, 0.717) is 26.1 Å². The van der Waals surface area contributed by atoms with Crippen LogP contribution in [0.5, 0.6) is 0 Å². The minimum absolute atomic E-state index is 0.137. The van der Waals surface area contributed by atoms with Crippen molar-refractivity contribution in [3.63, 3.8) is 0 Å². The fraction of sp³-hybridized carbons (Fsp3) is 0.400. The number of benzene rings is 1. The number of hydrogen-bond acceptors (Lipinski definition) is 5. The Morgan fingerprint density at radius 2 is 1.96 bits per heavy atom. The van der Waals surface area contributed by atoms with Crippen molar-refractivity contribution >= 4 is 17.5 Å². The molecule has 0 aliphatic rings. The molecule has 0 atom stereocenters. The van der Waals surface area contributed by atoms with Gasteiger partial charge in [0.1, 0.15) is 5.69 Å². The topological polar surface area (TPSA) is 84.4 Å². The lowest BCUT2D eigenvalue weighted by Crippen LogP contribution is -2.35. The number of nitrogens with zero attached hydrogens (tertiary/aromatic N) is 3. The summed E-state index contributed by atoms with van der Waals surface area (Å²) in [6.07, 6.45) is 5.31. The van der Waals surface area contributed by atoms with Gasteiger partial charge >= 0.3 is 0 Å². The molecule has 2 amide bonds. The number of hydrogen-bond donors (Lipinski definition) is 1. The molecule has 0 saturated carbocycles. The lowest BCUT2D eigenvalue weighted by Gasteiger charge is -2.22. The van der Waals surface area contributed by atoms with E-state index in [1.54, 1.807) is 12.0 Å². The zero-order chi connectivity index (χ0) is 19.6. The molecule has 2 aromatic rings. The van der Waals surface area contributed by atoms with Crippen LogP contribution in [0.2, 0.25) is 0 Å². The zero-order valence-corrected chi connectivity index (χ0v) is 16.1. The summed E-state index contributed by atoms with van der Waals surface area (Å²) in [4.78, 5) is 34.5. The van der Waals surface area contributed by atoms with E-state index in [-0.39, 0.29) is 23.9 Å². The van der Waals surface area contributed by atoms with Crippen molar-refractivity contribution in [2.75, 3.05) is 32.1 Å². The Morgan fingerprint density at radius 1 is 1.15 bits per heavy atom. The Balaban J connectivity index is 1.96. The van der Waals surface area contributed by atoms with Crippen LogP contribution in [0, 0.1) is 13.8 Å². The number of carbonyl (C=O) groups is 2. The maximum Gasteiger partial charge on any atom is 0.274 e. The predicted molar refractivity (Wildman–Crippen MR) is 104 cm³/mol. The van der Waals surface area contributed by atoms with Gasteiger partial charge in [0, 0.05) is 51.3 Å². The highest BCUT2D eigenvalue weighted by Gasteiger charge is 2.18. The average Bonchev–Trinajstić information content (AvgIpc) is 2.67. The van der Waals surface area contributed by atoms with Crippen molar-refractivity contribution in [1.82, 2.24) is 14.9 Å². The van der Waals surface area contributed by atoms with Crippen molar-refractivity contribution in [1.29, 1.82) is 0 Å². The van der Waals surface area contributed by atoms with Crippen LogP contribution >= 0.6 is 0 Å². The van der Waals surface area contributed by atoms with Crippen LogP contribution in [0.25, 0.3) is 0 Å². The normalized spacial score (nSPS) is 10.5. The van der Waals surface area contributed by atoms with Crippen LogP contribution in [0.1, 0.15) is 34.5 Å². The van der Waals surface area contributed by atoms with Gasteiger partial charge in [0.15, 0.2) is 0 Å². The average molecular weight is 370 g/mol. The predicted octanol–water partition coefficient (Wildman–Crippen LogP) is 2.60. The van der Waals surface area contributed by atoms with Gasteiger partial charge in [-0.3, -0.25) is 14.6 Å². The molecule has 0 unspecified atom stereocenters. The number of nitrogens with one attached hydrogen (secondary N) is 1. The molecule has 1 N–H and O–H groups in total. The summed E-state index contributed by atoms with van der Waals surface area (Å²) in [7, 11) is 1.62. The van der Waals surface area contributed by atoms with Gasteiger partial charge in [-0.15, -0.1) is 0 Å². The summed E-state index contributed by atoms with van der Waals surface area (Å²) >= 11 is 0. The lowest BCUT2D eigenvalue weighted by atomic mass is 10.1. The number of rotatable bonds is 9. The van der Waals surface area contributed by atoms with Crippen LogP contribution in [-0.4, -0.2) is 53.5 Å². The van der Waals surface area contributed by atoms with Gasteiger partial charge in [0.2, 0.25) is 5.91 Å². The van der Waals surface area contributed by atoms with Gasteiger partial charge in [0.25, 0.3) is 5.91 Å². The van der Waals surface area contributed by atoms with Crippen molar-refractivity contribution in [2.24, 2.45) is 0 Å². The molecule has 0 spiro atoms. The highest BCUT2D eigenvalue weighted by Crippen LogP contribution is 2.14. The summed E-state index contributed by atoms with van der Waals surface area (Å²) in [5.74, 6) is -0.375. The number of methoxy groups -OCH3 is 1. The molecule has 1 heterocycles. The number of ether oxygens (including phenoxy) is 1. The quantitative estimate of drug-likeness (QED) is 0.686. The molecule has 1 aromatic heterocycles. The molecule has 2 rings (SSSR count). The smallest absolute Gasteiger partial charge is 0.274 e. The summed E-state index contributed by atoms with van der Waals surface area (Å²) in [6, 6.07) is 5.79. The van der Waals surface area contributed by atoms with Crippen LogP contribution in [0.15, 0.2) is 36.8 Å². The molecule has 0 aliphatic heterocycles. The van der Waals surface area contributed by atoms with Gasteiger partial charge in [-0.2, -0.15) is 0 Å². The van der Waals surface area contributed by atoms with Gasteiger partial charge in [-0.05, 0) is 43.5 Å². The molecule has 1 aromatic carbocycles. The van der Waals surface area contributed by atoms with Crippen molar-refractivity contribution in [2.45, 2.75) is 26.7 Å². The Bertz CT molecular complexity index is 765. The molecule has 27 heavy (non-hydrogen) atoms. The second-order valence-corrected chi connectivity index (χ2v) is 6.33. The first-order chi connectivity index (χ1) is 13.0. The summed E-state index contributed by atoms with van der Waals surface area (Å²) in [5, 5.41) is 2.88. The minimum atomic E-state index is -0.238. The minimum Gasteiger partial charge on any atom is -0.385 e. The molecule has 0 aliphatic carbocycles. The molecule has 0 fully saturated rings. The molecule has 144 valence electrons. The first-order valence-corrected chi connectivity index (χ1v) is 8.92. The molecule has 7 heteroatoms. The van der Waals surface area contributed by atoms with Gasteiger partial charge < -0.3 is 15.0 Å². The van der Waals surface area contributed by atoms with Crippen LogP contribution in [-0.2, 0) is 9.53 Å². The number of anilines is 1. The van der Waals surface area contributed by atoms with Crippen LogP contribution in [0.3, 0.4) is 0 Å². The van der Waals surface area contributed by atoms with Crippen molar-refractivity contribution in [3.8, 4) is 0 Å². The zero-order valence-electron chi connectivity index (χ0n) is 16.1. The van der Waals surface area contributed by atoms with E-state index >= 15 is 0 Å². The van der Waals surface area contributed by atoms with Crippen LogP contribution in [0.4, 0.5) is 5.69 Å². The second-order valence-electron chi connectivity index (χ2n) is 6.33. The first kappa shape index (κ1) is 20.5. The summed E-state index contributed by atoms with van der Waals surface area (Å²) < 4.78 is 5.06. The fourth-order valence-corrected chi connectivity index (χ4v) is 2.57. The number of amides is 2. The number of aryl methyl sites for hydroxylation is 2. The van der Waals surface area contributed by atoms with Gasteiger partial charge in [-0.1, -0.05) is 6.07 Å². The standard InChI is InChI=1S/C20H26N4O3/c1-15-5-6-17(13-16(15)2)23-19(25)7-11-24(10-4-12-27-3)20(26)18-14-21-8-9-22-18/h5-6,8-9,13-14H,4,7,10-12H2,1-3H3,(H,23,25). The molecule has 0 radical (unpaired) electrons. The molecular formula is C20H26N4O3. The lowest BCUT2D eigenvalue weighted by molar-refractivity contribution is -0.116. The second kappa shape index (κ2) is 10.4. The summed E-state index contributed by atoms with van der Waals surface area (Å²) in [5.41, 5.74) is 3.32. The van der Waals surface area contributed by atoms with Gasteiger partial charge in [-0.25, -0.2) is 4.98 Å². The number of aromatic nitrogens is 2. The highest BCUT2D eigenvalue weighted by molar-refractivity contribution is 5.93. The van der Waals surface area contributed by atoms with Crippen molar-refractivity contribution in [3.05, 3.63) is 53.6 Å².